The summed E-state index contributed by atoms with van der Waals surface area (Å²) in [6.45, 7) is 3.10. The van der Waals surface area contributed by atoms with Crippen LogP contribution in [-0.2, 0) is 0 Å². The first kappa shape index (κ1) is 12.6. The third kappa shape index (κ3) is 2.76. The molecule has 0 saturated carbocycles. The monoisotopic (exact) mass is 241 g/mol. The molecule has 0 amide bonds. The van der Waals surface area contributed by atoms with Gasteiger partial charge in [-0.2, -0.15) is 4.99 Å². The summed E-state index contributed by atoms with van der Waals surface area (Å²) in [6, 6.07) is 0. The molecule has 0 spiro atoms. The van der Waals surface area contributed by atoms with Gasteiger partial charge in [0.1, 0.15) is 0 Å². The standard InChI is InChI=1S/C10H15N5.ClH/c11-9(14-5-1-2-6-14)13-10(12)15-7-3-4-8-15;/h1-4H,5-8H2,(H3,11,12,13);1H. The molecule has 0 aromatic rings. The average molecular weight is 242 g/mol. The molecule has 16 heavy (non-hydrogen) atoms. The van der Waals surface area contributed by atoms with Crippen molar-refractivity contribution in [1.29, 1.82) is 5.41 Å². The van der Waals surface area contributed by atoms with E-state index >= 15 is 0 Å². The van der Waals surface area contributed by atoms with E-state index in [2.05, 4.69) is 4.99 Å². The highest BCUT2D eigenvalue weighted by atomic mass is 35.5. The number of rotatable bonds is 0. The molecule has 0 bridgehead atoms. The maximum Gasteiger partial charge on any atom is 0.221 e. The van der Waals surface area contributed by atoms with Gasteiger partial charge in [0.15, 0.2) is 5.96 Å². The van der Waals surface area contributed by atoms with Crippen molar-refractivity contribution in [3.8, 4) is 0 Å². The fourth-order valence-corrected chi connectivity index (χ4v) is 1.57. The van der Waals surface area contributed by atoms with Gasteiger partial charge in [-0.3, -0.25) is 5.41 Å². The Morgan fingerprint density at radius 3 is 1.94 bits per heavy atom. The molecule has 3 N–H and O–H groups in total. The summed E-state index contributed by atoms with van der Waals surface area (Å²) in [6.07, 6.45) is 8.14. The van der Waals surface area contributed by atoms with Crippen molar-refractivity contribution in [2.75, 3.05) is 26.2 Å². The van der Waals surface area contributed by atoms with E-state index in [0.717, 1.165) is 26.2 Å². The van der Waals surface area contributed by atoms with E-state index in [0.29, 0.717) is 5.96 Å². The van der Waals surface area contributed by atoms with E-state index in [1.807, 2.05) is 34.1 Å². The van der Waals surface area contributed by atoms with Gasteiger partial charge in [-0.25, -0.2) is 0 Å². The summed E-state index contributed by atoms with van der Waals surface area (Å²) in [7, 11) is 0. The zero-order chi connectivity index (χ0) is 10.7. The SMILES string of the molecule is Cl.N=C(N=C(N)N1CC=CC1)N1CC=CC1. The van der Waals surface area contributed by atoms with E-state index in [-0.39, 0.29) is 18.4 Å². The lowest BCUT2D eigenvalue weighted by atomic mass is 10.6. The molecule has 2 aliphatic rings. The van der Waals surface area contributed by atoms with Gasteiger partial charge in [0.05, 0.1) is 0 Å². The number of guanidine groups is 2. The highest BCUT2D eigenvalue weighted by molar-refractivity contribution is 5.93. The fourth-order valence-electron chi connectivity index (χ4n) is 1.57. The van der Waals surface area contributed by atoms with Crippen molar-refractivity contribution < 1.29 is 0 Å². The summed E-state index contributed by atoms with van der Waals surface area (Å²) < 4.78 is 0. The number of nitrogens with zero attached hydrogens (tertiary/aromatic N) is 3. The zero-order valence-corrected chi connectivity index (χ0v) is 9.78. The van der Waals surface area contributed by atoms with Gasteiger partial charge in [-0.1, -0.05) is 24.3 Å². The van der Waals surface area contributed by atoms with Crippen molar-refractivity contribution in [3.05, 3.63) is 24.3 Å². The van der Waals surface area contributed by atoms with E-state index in [9.17, 15) is 0 Å². The van der Waals surface area contributed by atoms with Crippen LogP contribution in [0.3, 0.4) is 0 Å². The van der Waals surface area contributed by atoms with E-state index in [1.54, 1.807) is 0 Å². The molecule has 0 fully saturated rings. The molecule has 0 saturated heterocycles. The molecule has 0 atom stereocenters. The highest BCUT2D eigenvalue weighted by Crippen LogP contribution is 2.02. The van der Waals surface area contributed by atoms with Crippen molar-refractivity contribution in [2.45, 2.75) is 0 Å². The third-order valence-corrected chi connectivity index (χ3v) is 2.48. The largest absolute Gasteiger partial charge is 0.369 e. The first-order valence-corrected chi connectivity index (χ1v) is 5.00. The van der Waals surface area contributed by atoms with E-state index in [4.69, 9.17) is 11.1 Å². The number of nitrogens with two attached hydrogens (primary N) is 1. The van der Waals surface area contributed by atoms with Gasteiger partial charge in [-0.15, -0.1) is 12.4 Å². The Kier molecular flexibility index (Phi) is 4.37. The lowest BCUT2D eigenvalue weighted by molar-refractivity contribution is 0.515. The summed E-state index contributed by atoms with van der Waals surface area (Å²) in [5.74, 6) is 0.668. The molecule has 6 heteroatoms. The number of hydrogen-bond donors (Lipinski definition) is 2. The van der Waals surface area contributed by atoms with Crippen LogP contribution in [0, 0.1) is 5.41 Å². The summed E-state index contributed by atoms with van der Waals surface area (Å²) in [5, 5.41) is 7.75. The van der Waals surface area contributed by atoms with Gasteiger partial charge in [0.25, 0.3) is 0 Å². The molecule has 2 rings (SSSR count). The minimum absolute atomic E-state index is 0. The summed E-state index contributed by atoms with van der Waals surface area (Å²) in [4.78, 5) is 7.88. The van der Waals surface area contributed by atoms with Gasteiger partial charge < -0.3 is 15.5 Å². The lowest BCUT2D eigenvalue weighted by Gasteiger charge is -2.19. The smallest absolute Gasteiger partial charge is 0.221 e. The normalized spacial score (nSPS) is 19.1. The molecule has 0 aromatic heterocycles. The Bertz CT molecular complexity index is 331. The molecule has 0 aliphatic carbocycles. The molecular weight excluding hydrogens is 226 g/mol. The second-order valence-electron chi connectivity index (χ2n) is 3.55. The predicted molar refractivity (Wildman–Crippen MR) is 68.0 cm³/mol. The second kappa shape index (κ2) is 5.55. The highest BCUT2D eigenvalue weighted by Gasteiger charge is 2.13. The van der Waals surface area contributed by atoms with Crippen LogP contribution in [0.5, 0.6) is 0 Å². The van der Waals surface area contributed by atoms with Crippen LogP contribution in [0.1, 0.15) is 0 Å². The van der Waals surface area contributed by atoms with Crippen LogP contribution in [0.4, 0.5) is 0 Å². The number of halogens is 1. The van der Waals surface area contributed by atoms with Gasteiger partial charge in [0.2, 0.25) is 5.96 Å². The molecule has 2 heterocycles. The first-order valence-electron chi connectivity index (χ1n) is 5.00. The first-order chi connectivity index (χ1) is 7.27. The van der Waals surface area contributed by atoms with Crippen molar-refractivity contribution in [1.82, 2.24) is 9.80 Å². The van der Waals surface area contributed by atoms with Gasteiger partial charge in [-0.05, 0) is 0 Å². The third-order valence-electron chi connectivity index (χ3n) is 2.48. The van der Waals surface area contributed by atoms with E-state index < -0.39 is 0 Å². The molecule has 0 radical (unpaired) electrons. The summed E-state index contributed by atoms with van der Waals surface area (Å²) >= 11 is 0. The molecular formula is C10H16ClN5. The Balaban J connectivity index is 0.00000128. The van der Waals surface area contributed by atoms with Crippen molar-refractivity contribution in [3.63, 3.8) is 0 Å². The number of nitrogens with one attached hydrogen (secondary N) is 1. The minimum Gasteiger partial charge on any atom is -0.369 e. The summed E-state index contributed by atoms with van der Waals surface area (Å²) in [5.41, 5.74) is 5.80. The van der Waals surface area contributed by atoms with Crippen LogP contribution in [-0.4, -0.2) is 47.9 Å². The maximum atomic E-state index is 7.75. The van der Waals surface area contributed by atoms with Gasteiger partial charge >= 0.3 is 0 Å². The molecule has 2 aliphatic heterocycles. The second-order valence-corrected chi connectivity index (χ2v) is 3.55. The van der Waals surface area contributed by atoms with Gasteiger partial charge in [0, 0.05) is 26.2 Å². The lowest BCUT2D eigenvalue weighted by Crippen LogP contribution is -2.38. The Hall–Kier alpha value is -1.49. The Morgan fingerprint density at radius 2 is 1.44 bits per heavy atom. The number of aliphatic imine (C=N–C) groups is 1. The van der Waals surface area contributed by atoms with Crippen molar-refractivity contribution >= 4 is 24.3 Å². The van der Waals surface area contributed by atoms with E-state index in [1.165, 1.54) is 0 Å². The van der Waals surface area contributed by atoms with Crippen LogP contribution in [0.15, 0.2) is 29.3 Å². The van der Waals surface area contributed by atoms with Crippen LogP contribution in [0.25, 0.3) is 0 Å². The fraction of sp³-hybridized carbons (Fsp3) is 0.400. The quantitative estimate of drug-likeness (QED) is 0.367. The van der Waals surface area contributed by atoms with Crippen LogP contribution in [0.2, 0.25) is 0 Å². The average Bonchev–Trinajstić information content (AvgIpc) is 2.91. The zero-order valence-electron chi connectivity index (χ0n) is 8.97. The van der Waals surface area contributed by atoms with Crippen LogP contribution >= 0.6 is 12.4 Å². The number of hydrogen-bond acceptors (Lipinski definition) is 1. The van der Waals surface area contributed by atoms with Crippen molar-refractivity contribution in [2.24, 2.45) is 10.7 Å². The Morgan fingerprint density at radius 1 is 1.00 bits per heavy atom. The molecule has 5 nitrogen and oxygen atoms in total. The molecule has 0 unspecified atom stereocenters. The Labute approximate surface area is 101 Å². The predicted octanol–water partition coefficient (Wildman–Crippen LogP) is 0.401. The van der Waals surface area contributed by atoms with Crippen LogP contribution < -0.4 is 5.73 Å². The maximum absolute atomic E-state index is 7.75. The molecule has 0 aromatic carbocycles. The minimum atomic E-state index is 0. The molecule has 88 valence electrons. The topological polar surface area (TPSA) is 68.7 Å².